The Morgan fingerprint density at radius 2 is 1.95 bits per heavy atom. The lowest BCUT2D eigenvalue weighted by atomic mass is 10.1. The van der Waals surface area contributed by atoms with Gasteiger partial charge >= 0.3 is 5.97 Å². The molecular formula is C15H15ClN2O2. The first-order valence-corrected chi connectivity index (χ1v) is 6.44. The lowest BCUT2D eigenvalue weighted by Gasteiger charge is -2.11. The van der Waals surface area contributed by atoms with Gasteiger partial charge in [-0.25, -0.2) is 4.79 Å². The van der Waals surface area contributed by atoms with Crippen molar-refractivity contribution in [2.24, 2.45) is 0 Å². The molecule has 0 unspecified atom stereocenters. The Balaban J connectivity index is 2.12. The molecule has 0 saturated heterocycles. The Kier molecular flexibility index (Phi) is 4.48. The fourth-order valence-electron chi connectivity index (χ4n) is 1.75. The number of nitrogens with one attached hydrogen (secondary N) is 1. The monoisotopic (exact) mass is 290 g/mol. The zero-order valence-corrected chi connectivity index (χ0v) is 11.8. The summed E-state index contributed by atoms with van der Waals surface area (Å²) in [4.78, 5) is 11.5. The van der Waals surface area contributed by atoms with Gasteiger partial charge in [0.25, 0.3) is 0 Å². The predicted molar refractivity (Wildman–Crippen MR) is 81.0 cm³/mol. The zero-order chi connectivity index (χ0) is 14.5. The van der Waals surface area contributed by atoms with Crippen molar-refractivity contribution in [1.82, 2.24) is 0 Å². The van der Waals surface area contributed by atoms with Gasteiger partial charge < -0.3 is 15.8 Å². The Morgan fingerprint density at radius 3 is 2.60 bits per heavy atom. The minimum absolute atomic E-state index is 0.389. The van der Waals surface area contributed by atoms with Crippen molar-refractivity contribution in [2.45, 2.75) is 6.54 Å². The number of ether oxygens (including phenoxy) is 1. The average molecular weight is 291 g/mol. The summed E-state index contributed by atoms with van der Waals surface area (Å²) in [6.45, 7) is 0.589. The van der Waals surface area contributed by atoms with Gasteiger partial charge in [0.15, 0.2) is 0 Å². The van der Waals surface area contributed by atoms with Crippen LogP contribution in [0.2, 0.25) is 5.02 Å². The van der Waals surface area contributed by atoms with E-state index in [2.05, 4.69) is 10.1 Å². The molecule has 0 fully saturated rings. The van der Waals surface area contributed by atoms with Crippen molar-refractivity contribution in [3.8, 4) is 0 Å². The summed E-state index contributed by atoms with van der Waals surface area (Å²) in [5, 5.41) is 3.89. The second kappa shape index (κ2) is 6.30. The van der Waals surface area contributed by atoms with E-state index in [0.29, 0.717) is 28.5 Å². The molecule has 104 valence electrons. The number of carbonyl (C=O) groups excluding carboxylic acids is 1. The van der Waals surface area contributed by atoms with Gasteiger partial charge in [-0.05, 0) is 35.9 Å². The van der Waals surface area contributed by atoms with Gasteiger partial charge in [0, 0.05) is 11.6 Å². The molecule has 0 spiro atoms. The molecule has 0 aliphatic rings. The van der Waals surface area contributed by atoms with Crippen molar-refractivity contribution in [1.29, 1.82) is 0 Å². The Hall–Kier alpha value is -2.20. The molecular weight excluding hydrogens is 276 g/mol. The molecule has 0 bridgehead atoms. The molecule has 0 aliphatic carbocycles. The molecule has 0 aliphatic heterocycles. The Bertz CT molecular complexity index is 612. The Morgan fingerprint density at radius 1 is 1.25 bits per heavy atom. The van der Waals surface area contributed by atoms with Crippen LogP contribution in [0.1, 0.15) is 15.9 Å². The molecule has 0 heterocycles. The number of rotatable bonds is 4. The molecule has 0 aromatic heterocycles. The average Bonchev–Trinajstić information content (AvgIpc) is 2.47. The number of benzene rings is 2. The smallest absolute Gasteiger partial charge is 0.337 e. The van der Waals surface area contributed by atoms with Crippen molar-refractivity contribution in [3.63, 3.8) is 0 Å². The van der Waals surface area contributed by atoms with Gasteiger partial charge in [-0.3, -0.25) is 0 Å². The van der Waals surface area contributed by atoms with Crippen molar-refractivity contribution >= 4 is 28.9 Å². The highest BCUT2D eigenvalue weighted by molar-refractivity contribution is 6.30. The summed E-state index contributed by atoms with van der Waals surface area (Å²) < 4.78 is 4.68. The van der Waals surface area contributed by atoms with E-state index in [9.17, 15) is 4.79 Å². The number of carbonyl (C=O) groups is 1. The van der Waals surface area contributed by atoms with Crippen molar-refractivity contribution in [3.05, 3.63) is 58.6 Å². The number of methoxy groups -OCH3 is 1. The van der Waals surface area contributed by atoms with Crippen LogP contribution in [0, 0.1) is 0 Å². The van der Waals surface area contributed by atoms with E-state index in [0.717, 1.165) is 5.56 Å². The second-order valence-corrected chi connectivity index (χ2v) is 4.71. The molecule has 2 aromatic rings. The molecule has 0 saturated carbocycles. The molecule has 0 amide bonds. The molecule has 2 aromatic carbocycles. The third-order valence-electron chi connectivity index (χ3n) is 2.87. The second-order valence-electron chi connectivity index (χ2n) is 4.27. The fourth-order valence-corrected chi connectivity index (χ4v) is 1.88. The van der Waals surface area contributed by atoms with E-state index in [-0.39, 0.29) is 5.97 Å². The number of hydrogen-bond acceptors (Lipinski definition) is 4. The Labute approximate surface area is 122 Å². The van der Waals surface area contributed by atoms with E-state index in [1.165, 1.54) is 7.11 Å². The number of hydrogen-bond donors (Lipinski definition) is 2. The van der Waals surface area contributed by atoms with Gasteiger partial charge in [0.05, 0.1) is 24.0 Å². The number of nitrogens with two attached hydrogens (primary N) is 1. The highest BCUT2D eigenvalue weighted by atomic mass is 35.5. The number of esters is 1. The molecule has 3 N–H and O–H groups in total. The lowest BCUT2D eigenvalue weighted by molar-refractivity contribution is 0.0601. The number of anilines is 2. The van der Waals surface area contributed by atoms with E-state index < -0.39 is 0 Å². The largest absolute Gasteiger partial charge is 0.465 e. The third kappa shape index (κ3) is 3.42. The maximum atomic E-state index is 11.5. The zero-order valence-electron chi connectivity index (χ0n) is 11.0. The molecule has 0 radical (unpaired) electrons. The molecule has 5 heteroatoms. The summed E-state index contributed by atoms with van der Waals surface area (Å²) in [5.74, 6) is -0.389. The minimum atomic E-state index is -0.389. The summed E-state index contributed by atoms with van der Waals surface area (Å²) >= 11 is 5.83. The highest BCUT2D eigenvalue weighted by Crippen LogP contribution is 2.21. The van der Waals surface area contributed by atoms with Crippen molar-refractivity contribution in [2.75, 3.05) is 18.2 Å². The number of nitrogen functional groups attached to an aromatic ring is 1. The summed E-state index contributed by atoms with van der Waals surface area (Å²) in [5.41, 5.74) is 8.68. The van der Waals surface area contributed by atoms with Crippen LogP contribution in [0.3, 0.4) is 0 Å². The summed E-state index contributed by atoms with van der Waals surface area (Å²) in [7, 11) is 1.35. The van der Waals surface area contributed by atoms with Crippen molar-refractivity contribution < 1.29 is 9.53 Å². The lowest BCUT2D eigenvalue weighted by Crippen LogP contribution is -2.06. The fraction of sp³-hybridized carbons (Fsp3) is 0.133. The first-order valence-electron chi connectivity index (χ1n) is 6.06. The van der Waals surface area contributed by atoms with Crippen LogP contribution in [0.15, 0.2) is 42.5 Å². The standard InChI is InChI=1S/C15H15ClN2O2/c1-20-15(19)11-4-7-13(17)14(8-11)18-9-10-2-5-12(16)6-3-10/h2-8,18H,9,17H2,1H3. The molecule has 4 nitrogen and oxygen atoms in total. The van der Waals surface area contributed by atoms with Crippen LogP contribution in [-0.4, -0.2) is 13.1 Å². The van der Waals surface area contributed by atoms with E-state index in [4.69, 9.17) is 17.3 Å². The minimum Gasteiger partial charge on any atom is -0.465 e. The maximum Gasteiger partial charge on any atom is 0.337 e. The van der Waals surface area contributed by atoms with Crippen LogP contribution >= 0.6 is 11.6 Å². The van der Waals surface area contributed by atoms with E-state index in [1.54, 1.807) is 18.2 Å². The summed E-state index contributed by atoms with van der Waals surface area (Å²) in [6, 6.07) is 12.5. The van der Waals surface area contributed by atoms with E-state index in [1.807, 2.05) is 24.3 Å². The SMILES string of the molecule is COC(=O)c1ccc(N)c(NCc2ccc(Cl)cc2)c1. The number of halogens is 1. The first-order chi connectivity index (χ1) is 9.60. The van der Waals surface area contributed by atoms with Crippen LogP contribution in [0.5, 0.6) is 0 Å². The van der Waals surface area contributed by atoms with Crippen LogP contribution < -0.4 is 11.1 Å². The molecule has 0 atom stereocenters. The van der Waals surface area contributed by atoms with Gasteiger partial charge in [-0.1, -0.05) is 23.7 Å². The van der Waals surface area contributed by atoms with Gasteiger partial charge in [0.2, 0.25) is 0 Å². The topological polar surface area (TPSA) is 64.3 Å². The van der Waals surface area contributed by atoms with Gasteiger partial charge in [-0.15, -0.1) is 0 Å². The summed E-state index contributed by atoms with van der Waals surface area (Å²) in [6.07, 6.45) is 0. The van der Waals surface area contributed by atoms with E-state index >= 15 is 0 Å². The maximum absolute atomic E-state index is 11.5. The molecule has 20 heavy (non-hydrogen) atoms. The predicted octanol–water partition coefficient (Wildman–Crippen LogP) is 3.32. The third-order valence-corrected chi connectivity index (χ3v) is 3.12. The highest BCUT2D eigenvalue weighted by Gasteiger charge is 2.08. The van der Waals surface area contributed by atoms with Gasteiger partial charge in [-0.2, -0.15) is 0 Å². The van der Waals surface area contributed by atoms with Crippen LogP contribution in [-0.2, 0) is 11.3 Å². The molecule has 2 rings (SSSR count). The van der Waals surface area contributed by atoms with Crippen LogP contribution in [0.25, 0.3) is 0 Å². The normalized spacial score (nSPS) is 10.1. The quantitative estimate of drug-likeness (QED) is 0.670. The van der Waals surface area contributed by atoms with Gasteiger partial charge in [0.1, 0.15) is 0 Å². The van der Waals surface area contributed by atoms with Crippen LogP contribution in [0.4, 0.5) is 11.4 Å². The first kappa shape index (κ1) is 14.2.